The summed E-state index contributed by atoms with van der Waals surface area (Å²) in [5.41, 5.74) is 1.27. The molecule has 0 aliphatic heterocycles. The molecule has 0 radical (unpaired) electrons. The Hall–Kier alpha value is -0.540. The van der Waals surface area contributed by atoms with Crippen molar-refractivity contribution in [1.82, 2.24) is 0 Å². The molecule has 86 valence electrons. The second-order valence-electron chi connectivity index (χ2n) is 4.68. The molecule has 0 fully saturated rings. The fourth-order valence-corrected chi connectivity index (χ4v) is 1.07. The van der Waals surface area contributed by atoms with Crippen molar-refractivity contribution in [3.8, 4) is 5.75 Å². The highest BCUT2D eigenvalue weighted by Gasteiger charge is 2.06. The fraction of sp³-hybridized carbons (Fsp3) is 0.500. The van der Waals surface area contributed by atoms with E-state index in [2.05, 4.69) is 40.2 Å². The highest BCUT2D eigenvalue weighted by molar-refractivity contribution is 5.26. The number of hydrogen-bond donors (Lipinski definition) is 0. The minimum Gasteiger partial charge on any atom is -1.00 e. The van der Waals surface area contributed by atoms with Crippen molar-refractivity contribution in [3.63, 3.8) is 0 Å². The molecule has 0 bridgehead atoms. The van der Waals surface area contributed by atoms with Crippen molar-refractivity contribution in [2.75, 3.05) is 34.3 Å². The van der Waals surface area contributed by atoms with Gasteiger partial charge in [-0.15, -0.1) is 0 Å². The minimum atomic E-state index is 0. The molecule has 0 saturated carbocycles. The lowest BCUT2D eigenvalue weighted by molar-refractivity contribution is -0.870. The molecule has 0 N–H and O–H groups in total. The molecule has 3 heteroatoms. The van der Waals surface area contributed by atoms with Crippen molar-refractivity contribution in [3.05, 3.63) is 29.8 Å². The first-order valence-electron chi connectivity index (χ1n) is 4.97. The lowest BCUT2D eigenvalue weighted by Gasteiger charge is -2.23. The fourth-order valence-electron chi connectivity index (χ4n) is 1.07. The lowest BCUT2D eigenvalue weighted by Crippen LogP contribution is -3.00. The first-order chi connectivity index (χ1) is 6.47. The quantitative estimate of drug-likeness (QED) is 0.646. The molecule has 0 aliphatic rings. The van der Waals surface area contributed by atoms with Gasteiger partial charge in [0, 0.05) is 0 Å². The molecule has 0 saturated heterocycles. The van der Waals surface area contributed by atoms with E-state index in [0.29, 0.717) is 0 Å². The molecule has 0 amide bonds. The first-order valence-corrected chi connectivity index (χ1v) is 4.97. The van der Waals surface area contributed by atoms with Crippen LogP contribution in [0.3, 0.4) is 0 Å². The van der Waals surface area contributed by atoms with Crippen LogP contribution in [0.25, 0.3) is 0 Å². The summed E-state index contributed by atoms with van der Waals surface area (Å²) in [5, 5.41) is 0. The predicted octanol–water partition coefficient (Wildman–Crippen LogP) is -0.916. The molecule has 0 aromatic heterocycles. The van der Waals surface area contributed by atoms with Gasteiger partial charge in [-0.2, -0.15) is 0 Å². The number of nitrogens with zero attached hydrogens (tertiary/aromatic N) is 1. The van der Waals surface area contributed by atoms with Crippen molar-refractivity contribution >= 4 is 0 Å². The number of benzene rings is 1. The molecule has 1 aromatic carbocycles. The van der Waals surface area contributed by atoms with Crippen molar-refractivity contribution < 1.29 is 26.2 Å². The van der Waals surface area contributed by atoms with Gasteiger partial charge in [-0.3, -0.25) is 0 Å². The van der Waals surface area contributed by atoms with E-state index in [1.165, 1.54) is 5.56 Å². The van der Waals surface area contributed by atoms with Crippen LogP contribution in [0.1, 0.15) is 5.56 Å². The van der Waals surface area contributed by atoms with Crippen molar-refractivity contribution in [2.45, 2.75) is 6.92 Å². The van der Waals surface area contributed by atoms with Crippen LogP contribution < -0.4 is 21.7 Å². The van der Waals surface area contributed by atoms with Gasteiger partial charge in [0.15, 0.2) is 0 Å². The Morgan fingerprint density at radius 3 is 2.07 bits per heavy atom. The van der Waals surface area contributed by atoms with E-state index in [-0.39, 0.29) is 17.0 Å². The van der Waals surface area contributed by atoms with Crippen molar-refractivity contribution in [1.29, 1.82) is 0 Å². The van der Waals surface area contributed by atoms with Gasteiger partial charge in [-0.05, 0) is 19.1 Å². The summed E-state index contributed by atoms with van der Waals surface area (Å²) in [6.07, 6.45) is 0. The summed E-state index contributed by atoms with van der Waals surface area (Å²) in [5.74, 6) is 0.962. The molecule has 0 atom stereocenters. The summed E-state index contributed by atoms with van der Waals surface area (Å²) < 4.78 is 6.56. The second kappa shape index (κ2) is 6.13. The van der Waals surface area contributed by atoms with Gasteiger partial charge < -0.3 is 26.2 Å². The molecule has 0 spiro atoms. The van der Waals surface area contributed by atoms with Gasteiger partial charge in [0.05, 0.1) is 21.1 Å². The van der Waals surface area contributed by atoms with Gasteiger partial charge in [-0.1, -0.05) is 17.7 Å². The average Bonchev–Trinajstić information content (AvgIpc) is 2.06. The van der Waals surface area contributed by atoms with Crippen LogP contribution in [0, 0.1) is 6.92 Å². The van der Waals surface area contributed by atoms with Gasteiger partial charge >= 0.3 is 0 Å². The molecule has 1 aromatic rings. The molecular formula is C12H20BrNO. The first kappa shape index (κ1) is 14.5. The number of likely N-dealkylation sites (N-methyl/N-ethyl adjacent to an activating group) is 1. The standard InChI is InChI=1S/C12H20NO.BrH/c1-11-5-7-12(8-6-11)14-10-9-13(2,3)4;/h5-8H,9-10H2,1-4H3;1H/q+1;/p-1. The summed E-state index contributed by atoms with van der Waals surface area (Å²) in [6.45, 7) is 3.87. The molecule has 0 aliphatic carbocycles. The highest BCUT2D eigenvalue weighted by atomic mass is 79.9. The summed E-state index contributed by atoms with van der Waals surface area (Å²) in [7, 11) is 6.50. The van der Waals surface area contributed by atoms with Crippen LogP contribution in [-0.4, -0.2) is 38.8 Å². The van der Waals surface area contributed by atoms with Gasteiger partial charge in [0.2, 0.25) is 0 Å². The Kier molecular flexibility index (Phi) is 5.91. The summed E-state index contributed by atoms with van der Waals surface area (Å²) >= 11 is 0. The minimum absolute atomic E-state index is 0. The molecule has 1 rings (SSSR count). The van der Waals surface area contributed by atoms with Crippen LogP contribution in [0.4, 0.5) is 0 Å². The van der Waals surface area contributed by atoms with E-state index in [1.54, 1.807) is 0 Å². The Bertz CT molecular complexity index is 277. The number of ether oxygens (including phenoxy) is 1. The van der Waals surface area contributed by atoms with E-state index in [4.69, 9.17) is 4.74 Å². The Morgan fingerprint density at radius 1 is 1.07 bits per heavy atom. The number of hydrogen-bond acceptors (Lipinski definition) is 1. The number of quaternary nitrogens is 1. The Labute approximate surface area is 103 Å². The second-order valence-corrected chi connectivity index (χ2v) is 4.68. The molecule has 15 heavy (non-hydrogen) atoms. The zero-order chi connectivity index (χ0) is 10.6. The van der Waals surface area contributed by atoms with E-state index in [1.807, 2.05) is 12.1 Å². The highest BCUT2D eigenvalue weighted by Crippen LogP contribution is 2.11. The lowest BCUT2D eigenvalue weighted by atomic mass is 10.2. The third-order valence-corrected chi connectivity index (χ3v) is 2.05. The van der Waals surface area contributed by atoms with E-state index < -0.39 is 0 Å². The smallest absolute Gasteiger partial charge is 0.137 e. The topological polar surface area (TPSA) is 9.23 Å². The van der Waals surface area contributed by atoms with Crippen LogP contribution >= 0.6 is 0 Å². The number of rotatable bonds is 4. The SMILES string of the molecule is Cc1ccc(OCC[N+](C)(C)C)cc1.[Br-]. The third kappa shape index (κ3) is 6.52. The zero-order valence-corrected chi connectivity index (χ0v) is 11.5. The summed E-state index contributed by atoms with van der Waals surface area (Å²) in [6, 6.07) is 8.18. The third-order valence-electron chi connectivity index (χ3n) is 2.05. The normalized spacial score (nSPS) is 10.7. The van der Waals surface area contributed by atoms with E-state index in [9.17, 15) is 0 Å². The average molecular weight is 274 g/mol. The maximum absolute atomic E-state index is 5.62. The van der Waals surface area contributed by atoms with Crippen LogP contribution in [-0.2, 0) is 0 Å². The number of aryl methyl sites for hydroxylation is 1. The monoisotopic (exact) mass is 273 g/mol. The predicted molar refractivity (Wildman–Crippen MR) is 59.6 cm³/mol. The van der Waals surface area contributed by atoms with E-state index >= 15 is 0 Å². The van der Waals surface area contributed by atoms with Crippen molar-refractivity contribution in [2.24, 2.45) is 0 Å². The largest absolute Gasteiger partial charge is 1.00 e. The molecular weight excluding hydrogens is 254 g/mol. The molecule has 2 nitrogen and oxygen atoms in total. The van der Waals surface area contributed by atoms with Gasteiger partial charge in [-0.25, -0.2) is 0 Å². The number of halogens is 1. The van der Waals surface area contributed by atoms with Gasteiger partial charge in [0.25, 0.3) is 0 Å². The zero-order valence-electron chi connectivity index (χ0n) is 9.96. The maximum atomic E-state index is 5.62. The Balaban J connectivity index is 0.00000196. The van der Waals surface area contributed by atoms with Crippen LogP contribution in [0.2, 0.25) is 0 Å². The molecule has 0 heterocycles. The van der Waals surface area contributed by atoms with Crippen LogP contribution in [0.15, 0.2) is 24.3 Å². The molecule has 0 unspecified atom stereocenters. The van der Waals surface area contributed by atoms with E-state index in [0.717, 1.165) is 23.4 Å². The van der Waals surface area contributed by atoms with Gasteiger partial charge in [0.1, 0.15) is 18.9 Å². The summed E-state index contributed by atoms with van der Waals surface area (Å²) in [4.78, 5) is 0. The Morgan fingerprint density at radius 2 is 1.60 bits per heavy atom. The maximum Gasteiger partial charge on any atom is 0.137 e. The van der Waals surface area contributed by atoms with Crippen LogP contribution in [0.5, 0.6) is 5.75 Å².